The monoisotopic (exact) mass is 321 g/mol. The van der Waals surface area contributed by atoms with Crippen LogP contribution >= 0.6 is 0 Å². The SMILES string of the molecule is CCN(CC)c1ccc(C=Cc2ccc([N+](=O)[O-])cc2C#N)cc1. The van der Waals surface area contributed by atoms with E-state index in [1.165, 1.54) is 17.8 Å². The molecule has 0 radical (unpaired) electrons. The molecule has 0 aliphatic carbocycles. The molecule has 5 heteroatoms. The summed E-state index contributed by atoms with van der Waals surface area (Å²) in [5.41, 5.74) is 3.06. The van der Waals surface area contributed by atoms with Crippen molar-refractivity contribution in [3.8, 4) is 6.07 Å². The van der Waals surface area contributed by atoms with Gasteiger partial charge in [-0.2, -0.15) is 5.26 Å². The number of nitriles is 1. The van der Waals surface area contributed by atoms with E-state index in [0.29, 0.717) is 11.1 Å². The third-order valence-electron chi connectivity index (χ3n) is 3.85. The maximum atomic E-state index is 10.8. The molecule has 0 aromatic heterocycles. The number of benzene rings is 2. The molecule has 24 heavy (non-hydrogen) atoms. The van der Waals surface area contributed by atoms with E-state index in [2.05, 4.69) is 30.9 Å². The van der Waals surface area contributed by atoms with Crippen molar-refractivity contribution in [1.82, 2.24) is 0 Å². The van der Waals surface area contributed by atoms with Crippen LogP contribution in [-0.2, 0) is 0 Å². The summed E-state index contributed by atoms with van der Waals surface area (Å²) in [7, 11) is 0. The summed E-state index contributed by atoms with van der Waals surface area (Å²) >= 11 is 0. The van der Waals surface area contributed by atoms with Crippen molar-refractivity contribution < 1.29 is 4.92 Å². The van der Waals surface area contributed by atoms with E-state index in [1.54, 1.807) is 12.1 Å². The topological polar surface area (TPSA) is 70.2 Å². The van der Waals surface area contributed by atoms with Crippen LogP contribution in [0.4, 0.5) is 11.4 Å². The smallest absolute Gasteiger partial charge is 0.270 e. The third-order valence-corrected chi connectivity index (χ3v) is 3.85. The van der Waals surface area contributed by atoms with E-state index >= 15 is 0 Å². The Hall–Kier alpha value is -3.13. The van der Waals surface area contributed by atoms with Gasteiger partial charge in [-0.1, -0.05) is 24.3 Å². The minimum Gasteiger partial charge on any atom is -0.372 e. The molecular weight excluding hydrogens is 302 g/mol. The molecule has 0 atom stereocenters. The lowest BCUT2D eigenvalue weighted by molar-refractivity contribution is -0.384. The number of nitro groups is 1. The van der Waals surface area contributed by atoms with E-state index in [0.717, 1.165) is 18.7 Å². The van der Waals surface area contributed by atoms with E-state index in [1.807, 2.05) is 24.3 Å². The lowest BCUT2D eigenvalue weighted by Gasteiger charge is -2.20. The highest BCUT2D eigenvalue weighted by molar-refractivity contribution is 5.74. The van der Waals surface area contributed by atoms with Crippen molar-refractivity contribution in [2.24, 2.45) is 0 Å². The average Bonchev–Trinajstić information content (AvgIpc) is 2.61. The molecule has 0 aliphatic rings. The van der Waals surface area contributed by atoms with Crippen molar-refractivity contribution in [1.29, 1.82) is 5.26 Å². The summed E-state index contributed by atoms with van der Waals surface area (Å²) < 4.78 is 0. The van der Waals surface area contributed by atoms with Crippen LogP contribution in [0.15, 0.2) is 42.5 Å². The summed E-state index contributed by atoms with van der Waals surface area (Å²) in [6.07, 6.45) is 3.70. The van der Waals surface area contributed by atoms with Gasteiger partial charge in [0, 0.05) is 30.9 Å². The van der Waals surface area contributed by atoms with E-state index < -0.39 is 4.92 Å². The van der Waals surface area contributed by atoms with Crippen LogP contribution in [0.1, 0.15) is 30.5 Å². The highest BCUT2D eigenvalue weighted by atomic mass is 16.6. The molecule has 0 N–H and O–H groups in total. The largest absolute Gasteiger partial charge is 0.372 e. The van der Waals surface area contributed by atoms with E-state index in [-0.39, 0.29) is 5.69 Å². The number of nitrogens with zero attached hydrogens (tertiary/aromatic N) is 3. The lowest BCUT2D eigenvalue weighted by atomic mass is 10.1. The first kappa shape index (κ1) is 17.2. The lowest BCUT2D eigenvalue weighted by Crippen LogP contribution is -2.21. The molecule has 0 unspecified atom stereocenters. The molecule has 0 spiro atoms. The van der Waals surface area contributed by atoms with Crippen LogP contribution in [0.5, 0.6) is 0 Å². The second-order valence-corrected chi connectivity index (χ2v) is 5.24. The number of hydrogen-bond donors (Lipinski definition) is 0. The molecular formula is C19H19N3O2. The second kappa shape index (κ2) is 7.93. The summed E-state index contributed by atoms with van der Waals surface area (Å²) in [5.74, 6) is 0. The van der Waals surface area contributed by atoms with E-state index in [4.69, 9.17) is 5.26 Å². The van der Waals surface area contributed by atoms with Crippen LogP contribution in [-0.4, -0.2) is 18.0 Å². The molecule has 0 saturated heterocycles. The maximum Gasteiger partial charge on any atom is 0.270 e. The number of nitro benzene ring substituents is 1. The quantitative estimate of drug-likeness (QED) is 0.447. The Morgan fingerprint density at radius 3 is 2.33 bits per heavy atom. The number of non-ortho nitro benzene ring substituents is 1. The number of rotatable bonds is 6. The Labute approximate surface area is 141 Å². The molecule has 2 aromatic carbocycles. The Bertz CT molecular complexity index is 785. The van der Waals surface area contributed by atoms with Crippen LogP contribution in [0, 0.1) is 21.4 Å². The average molecular weight is 321 g/mol. The molecule has 2 rings (SSSR count). The third kappa shape index (κ3) is 3.99. The molecule has 0 bridgehead atoms. The Morgan fingerprint density at radius 1 is 1.12 bits per heavy atom. The van der Waals surface area contributed by atoms with Crippen molar-refractivity contribution in [3.05, 3.63) is 69.3 Å². The predicted molar refractivity (Wildman–Crippen MR) is 96.7 cm³/mol. The van der Waals surface area contributed by atoms with Gasteiger partial charge in [0.2, 0.25) is 0 Å². The minimum atomic E-state index is -0.500. The normalized spacial score (nSPS) is 10.5. The zero-order valence-electron chi connectivity index (χ0n) is 13.8. The summed E-state index contributed by atoms with van der Waals surface area (Å²) in [4.78, 5) is 12.5. The van der Waals surface area contributed by atoms with Gasteiger partial charge in [-0.05, 0) is 43.2 Å². The summed E-state index contributed by atoms with van der Waals surface area (Å²) in [6, 6.07) is 14.5. The van der Waals surface area contributed by atoms with Gasteiger partial charge in [0.05, 0.1) is 10.5 Å². The molecule has 0 aliphatic heterocycles. The molecule has 5 nitrogen and oxygen atoms in total. The maximum absolute atomic E-state index is 10.8. The highest BCUT2D eigenvalue weighted by Crippen LogP contribution is 2.20. The zero-order valence-corrected chi connectivity index (χ0v) is 13.8. The van der Waals surface area contributed by atoms with Gasteiger partial charge >= 0.3 is 0 Å². The molecule has 0 amide bonds. The molecule has 0 fully saturated rings. The fraction of sp³-hybridized carbons (Fsp3) is 0.211. The van der Waals surface area contributed by atoms with E-state index in [9.17, 15) is 10.1 Å². The van der Waals surface area contributed by atoms with Gasteiger partial charge in [0.1, 0.15) is 6.07 Å². The molecule has 0 heterocycles. The number of anilines is 1. The van der Waals surface area contributed by atoms with Crippen LogP contribution in [0.2, 0.25) is 0 Å². The standard InChI is InChI=1S/C19H19N3O2/c1-3-21(4-2)18-10-6-15(7-11-18)5-8-16-9-12-19(22(23)24)13-17(16)14-20/h5-13H,3-4H2,1-2H3. The highest BCUT2D eigenvalue weighted by Gasteiger charge is 2.08. The Kier molecular flexibility index (Phi) is 5.69. The Balaban J connectivity index is 2.22. The van der Waals surface area contributed by atoms with Gasteiger partial charge in [0.15, 0.2) is 0 Å². The first-order valence-corrected chi connectivity index (χ1v) is 7.80. The minimum absolute atomic E-state index is 0.0766. The van der Waals surface area contributed by atoms with Gasteiger partial charge in [0.25, 0.3) is 5.69 Å². The molecule has 122 valence electrons. The molecule has 0 saturated carbocycles. The first-order chi connectivity index (χ1) is 11.6. The van der Waals surface area contributed by atoms with Gasteiger partial charge < -0.3 is 4.90 Å². The summed E-state index contributed by atoms with van der Waals surface area (Å²) in [6.45, 7) is 6.16. The second-order valence-electron chi connectivity index (χ2n) is 5.24. The fourth-order valence-corrected chi connectivity index (χ4v) is 2.47. The van der Waals surface area contributed by atoms with Crippen LogP contribution in [0.3, 0.4) is 0 Å². The van der Waals surface area contributed by atoms with Gasteiger partial charge in [-0.15, -0.1) is 0 Å². The van der Waals surface area contributed by atoms with Crippen LogP contribution in [0.25, 0.3) is 12.2 Å². The van der Waals surface area contributed by atoms with Gasteiger partial charge in [-0.25, -0.2) is 0 Å². The number of hydrogen-bond acceptors (Lipinski definition) is 4. The van der Waals surface area contributed by atoms with Crippen molar-refractivity contribution >= 4 is 23.5 Å². The molecule has 2 aromatic rings. The van der Waals surface area contributed by atoms with Crippen LogP contribution < -0.4 is 4.90 Å². The van der Waals surface area contributed by atoms with Crippen molar-refractivity contribution in [3.63, 3.8) is 0 Å². The summed E-state index contributed by atoms with van der Waals surface area (Å²) in [5, 5.41) is 19.9. The van der Waals surface area contributed by atoms with Crippen molar-refractivity contribution in [2.45, 2.75) is 13.8 Å². The fourth-order valence-electron chi connectivity index (χ4n) is 2.47. The zero-order chi connectivity index (χ0) is 17.5. The predicted octanol–water partition coefficient (Wildman–Crippen LogP) is 4.48. The first-order valence-electron chi connectivity index (χ1n) is 7.80. The van der Waals surface area contributed by atoms with Crippen molar-refractivity contribution in [2.75, 3.05) is 18.0 Å². The van der Waals surface area contributed by atoms with Gasteiger partial charge in [-0.3, -0.25) is 10.1 Å². The Morgan fingerprint density at radius 2 is 1.79 bits per heavy atom.